The summed E-state index contributed by atoms with van der Waals surface area (Å²) in [5, 5.41) is 4.18. The molecule has 3 heterocycles. The van der Waals surface area contributed by atoms with Gasteiger partial charge in [-0.15, -0.1) is 0 Å². The number of hydrogen-bond acceptors (Lipinski definition) is 5. The van der Waals surface area contributed by atoms with Gasteiger partial charge in [-0.1, -0.05) is 11.2 Å². The van der Waals surface area contributed by atoms with Crippen LogP contribution in [0.4, 0.5) is 5.82 Å². The lowest BCUT2D eigenvalue weighted by Crippen LogP contribution is -2.33. The third-order valence-electron chi connectivity index (χ3n) is 4.22. The van der Waals surface area contributed by atoms with E-state index in [4.69, 9.17) is 4.52 Å². The van der Waals surface area contributed by atoms with Gasteiger partial charge < -0.3 is 9.42 Å². The number of piperidine rings is 1. The molecule has 0 bridgehead atoms. The molecular formula is C15H18N4O. The molecule has 2 aromatic heterocycles. The minimum atomic E-state index is 0.436. The lowest BCUT2D eigenvalue weighted by molar-refractivity contribution is 0.364. The minimum absolute atomic E-state index is 0.436. The van der Waals surface area contributed by atoms with Crippen molar-refractivity contribution >= 4 is 5.82 Å². The fourth-order valence-electron chi connectivity index (χ4n) is 2.82. The third-order valence-corrected chi connectivity index (χ3v) is 4.22. The second kappa shape index (κ2) is 4.89. The van der Waals surface area contributed by atoms with E-state index in [-0.39, 0.29) is 0 Å². The number of rotatable bonds is 3. The average molecular weight is 270 g/mol. The second-order valence-electron chi connectivity index (χ2n) is 5.71. The van der Waals surface area contributed by atoms with E-state index in [2.05, 4.69) is 26.1 Å². The molecule has 4 rings (SSSR count). The van der Waals surface area contributed by atoms with Gasteiger partial charge >= 0.3 is 0 Å². The third kappa shape index (κ3) is 2.28. The van der Waals surface area contributed by atoms with Crippen molar-refractivity contribution in [3.63, 3.8) is 0 Å². The smallest absolute Gasteiger partial charge is 0.229 e. The van der Waals surface area contributed by atoms with Crippen LogP contribution in [0, 0.1) is 0 Å². The Balaban J connectivity index is 1.41. The number of hydrogen-bond donors (Lipinski definition) is 0. The fraction of sp³-hybridized carbons (Fsp3) is 0.533. The summed E-state index contributed by atoms with van der Waals surface area (Å²) in [4.78, 5) is 11.3. The van der Waals surface area contributed by atoms with Crippen LogP contribution in [-0.4, -0.2) is 28.2 Å². The zero-order valence-electron chi connectivity index (χ0n) is 11.4. The van der Waals surface area contributed by atoms with Crippen LogP contribution in [0.25, 0.3) is 0 Å². The Labute approximate surface area is 118 Å². The molecule has 2 fully saturated rings. The molecule has 0 aromatic carbocycles. The first-order chi connectivity index (χ1) is 9.90. The van der Waals surface area contributed by atoms with Crippen molar-refractivity contribution in [1.82, 2.24) is 15.1 Å². The Morgan fingerprint density at radius 1 is 1.05 bits per heavy atom. The minimum Gasteiger partial charge on any atom is -0.357 e. The summed E-state index contributed by atoms with van der Waals surface area (Å²) in [6.45, 7) is 2.02. The van der Waals surface area contributed by atoms with Crippen molar-refractivity contribution in [2.45, 2.75) is 37.5 Å². The Morgan fingerprint density at radius 3 is 2.60 bits per heavy atom. The quantitative estimate of drug-likeness (QED) is 0.858. The van der Waals surface area contributed by atoms with Crippen molar-refractivity contribution in [2.24, 2.45) is 0 Å². The Kier molecular flexibility index (Phi) is 2.90. The van der Waals surface area contributed by atoms with E-state index in [1.54, 1.807) is 0 Å². The first kappa shape index (κ1) is 11.9. The van der Waals surface area contributed by atoms with Crippen LogP contribution in [0.2, 0.25) is 0 Å². The van der Waals surface area contributed by atoms with Gasteiger partial charge in [0.2, 0.25) is 5.89 Å². The second-order valence-corrected chi connectivity index (χ2v) is 5.71. The number of nitrogens with zero attached hydrogens (tertiary/aromatic N) is 4. The molecule has 1 saturated heterocycles. The summed E-state index contributed by atoms with van der Waals surface area (Å²) >= 11 is 0. The summed E-state index contributed by atoms with van der Waals surface area (Å²) in [6.07, 6.45) is 6.41. The van der Waals surface area contributed by atoms with Crippen molar-refractivity contribution in [3.05, 3.63) is 36.1 Å². The van der Waals surface area contributed by atoms with Crippen LogP contribution in [0.15, 0.2) is 28.9 Å². The van der Waals surface area contributed by atoms with Crippen LogP contribution in [-0.2, 0) is 0 Å². The van der Waals surface area contributed by atoms with Crippen LogP contribution >= 0.6 is 0 Å². The molecule has 104 valence electrons. The molecule has 0 unspecified atom stereocenters. The van der Waals surface area contributed by atoms with E-state index in [1.165, 1.54) is 12.8 Å². The zero-order valence-corrected chi connectivity index (χ0v) is 11.4. The molecule has 1 saturated carbocycles. The molecule has 2 aliphatic rings. The van der Waals surface area contributed by atoms with Gasteiger partial charge in [-0.3, -0.25) is 0 Å². The molecule has 0 spiro atoms. The lowest BCUT2D eigenvalue weighted by Gasteiger charge is -2.31. The summed E-state index contributed by atoms with van der Waals surface area (Å²) in [6, 6.07) is 6.06. The molecule has 2 aromatic rings. The van der Waals surface area contributed by atoms with Crippen molar-refractivity contribution in [3.8, 4) is 0 Å². The molecule has 0 atom stereocenters. The van der Waals surface area contributed by atoms with Gasteiger partial charge in [-0.2, -0.15) is 4.98 Å². The largest absolute Gasteiger partial charge is 0.357 e. The zero-order chi connectivity index (χ0) is 13.4. The average Bonchev–Trinajstić information content (AvgIpc) is 3.26. The highest BCUT2D eigenvalue weighted by Gasteiger charge is 2.31. The van der Waals surface area contributed by atoms with Gasteiger partial charge in [0.25, 0.3) is 0 Å². The van der Waals surface area contributed by atoms with Crippen LogP contribution < -0.4 is 4.90 Å². The summed E-state index contributed by atoms with van der Waals surface area (Å²) in [5.41, 5.74) is 0. The van der Waals surface area contributed by atoms with Crippen molar-refractivity contribution in [2.75, 3.05) is 18.0 Å². The molecule has 0 N–H and O–H groups in total. The van der Waals surface area contributed by atoms with Crippen LogP contribution in [0.3, 0.4) is 0 Å². The monoisotopic (exact) mass is 270 g/mol. The number of aromatic nitrogens is 3. The van der Waals surface area contributed by atoms with Crippen LogP contribution in [0.1, 0.15) is 49.2 Å². The van der Waals surface area contributed by atoms with E-state index < -0.39 is 0 Å². The molecule has 5 heteroatoms. The Hall–Kier alpha value is -1.91. The Morgan fingerprint density at radius 2 is 1.90 bits per heavy atom. The first-order valence-electron chi connectivity index (χ1n) is 7.39. The number of pyridine rings is 1. The summed E-state index contributed by atoms with van der Waals surface area (Å²) in [5.74, 6) is 3.81. The maximum atomic E-state index is 5.37. The van der Waals surface area contributed by atoms with E-state index >= 15 is 0 Å². The molecule has 1 aliphatic heterocycles. The van der Waals surface area contributed by atoms with Gasteiger partial charge in [-0.05, 0) is 37.8 Å². The summed E-state index contributed by atoms with van der Waals surface area (Å²) < 4.78 is 5.37. The van der Waals surface area contributed by atoms with E-state index in [0.29, 0.717) is 11.8 Å². The van der Waals surface area contributed by atoms with Gasteiger partial charge in [0.05, 0.1) is 0 Å². The van der Waals surface area contributed by atoms with E-state index in [9.17, 15) is 0 Å². The normalized spacial score (nSPS) is 20.3. The van der Waals surface area contributed by atoms with Crippen molar-refractivity contribution < 1.29 is 4.52 Å². The molecule has 1 aliphatic carbocycles. The first-order valence-corrected chi connectivity index (χ1v) is 7.39. The highest BCUT2D eigenvalue weighted by molar-refractivity contribution is 5.38. The Bertz CT molecular complexity index is 571. The fourth-order valence-corrected chi connectivity index (χ4v) is 2.82. The maximum absolute atomic E-state index is 5.37. The molecule has 0 amide bonds. The van der Waals surface area contributed by atoms with Gasteiger partial charge in [-0.25, -0.2) is 4.98 Å². The van der Waals surface area contributed by atoms with Gasteiger partial charge in [0.15, 0.2) is 5.82 Å². The van der Waals surface area contributed by atoms with E-state index in [1.807, 2.05) is 18.3 Å². The topological polar surface area (TPSA) is 55.1 Å². The highest BCUT2D eigenvalue weighted by atomic mass is 16.5. The standard InChI is InChI=1S/C15H18N4O/c1-2-8-16-13(3-1)19-9-6-11(7-10-19)14-17-15(20-18-14)12-4-5-12/h1-3,8,11-12H,4-7,9-10H2. The molecule has 5 nitrogen and oxygen atoms in total. The SMILES string of the molecule is c1ccc(N2CCC(c3noc(C4CC4)n3)CC2)nc1. The van der Waals surface area contributed by atoms with Crippen LogP contribution in [0.5, 0.6) is 0 Å². The van der Waals surface area contributed by atoms with Gasteiger partial charge in [0.1, 0.15) is 5.82 Å². The number of anilines is 1. The lowest BCUT2D eigenvalue weighted by atomic mass is 9.96. The molecule has 0 radical (unpaired) electrons. The predicted molar refractivity (Wildman–Crippen MR) is 74.7 cm³/mol. The van der Waals surface area contributed by atoms with E-state index in [0.717, 1.165) is 43.5 Å². The molecular weight excluding hydrogens is 252 g/mol. The maximum Gasteiger partial charge on any atom is 0.229 e. The van der Waals surface area contributed by atoms with Gasteiger partial charge in [0, 0.05) is 31.1 Å². The highest BCUT2D eigenvalue weighted by Crippen LogP contribution is 2.39. The van der Waals surface area contributed by atoms with Crippen molar-refractivity contribution in [1.29, 1.82) is 0 Å². The summed E-state index contributed by atoms with van der Waals surface area (Å²) in [7, 11) is 0. The predicted octanol–water partition coefficient (Wildman–Crippen LogP) is 2.73. The molecule has 20 heavy (non-hydrogen) atoms.